The molecule has 0 bridgehead atoms. The summed E-state index contributed by atoms with van der Waals surface area (Å²) in [6.07, 6.45) is 2.91. The second kappa shape index (κ2) is 4.08. The number of rotatable bonds is 4. The molecule has 1 aromatic rings. The summed E-state index contributed by atoms with van der Waals surface area (Å²) in [5.74, 6) is 0.175. The second-order valence-electron chi connectivity index (χ2n) is 4.91. The van der Waals surface area contributed by atoms with Crippen LogP contribution in [0.4, 0.5) is 0 Å². The lowest BCUT2D eigenvalue weighted by molar-refractivity contribution is -0.123. The molecule has 0 atom stereocenters. The van der Waals surface area contributed by atoms with Gasteiger partial charge in [0.1, 0.15) is 5.82 Å². The average molecular weight is 271 g/mol. The predicted molar refractivity (Wildman–Crippen MR) is 65.3 cm³/mol. The fraction of sp³-hybridized carbons (Fsp3) is 0.636. The van der Waals surface area contributed by atoms with Crippen molar-refractivity contribution in [1.82, 2.24) is 14.3 Å². The van der Waals surface area contributed by atoms with E-state index in [1.807, 2.05) is 6.92 Å². The van der Waals surface area contributed by atoms with E-state index in [0.717, 1.165) is 12.8 Å². The van der Waals surface area contributed by atoms with Crippen molar-refractivity contribution in [2.24, 2.45) is 5.41 Å². The van der Waals surface area contributed by atoms with Crippen LogP contribution >= 0.6 is 0 Å². The van der Waals surface area contributed by atoms with E-state index < -0.39 is 21.3 Å². The third kappa shape index (κ3) is 2.27. The molecule has 1 aliphatic carbocycles. The van der Waals surface area contributed by atoms with Gasteiger partial charge in [-0.2, -0.15) is 8.42 Å². The minimum atomic E-state index is -3.85. The Hall–Kier alpha value is -1.37. The standard InChI is InChI=1S/C11H17N3O3S/c1-4-14-7-9(12-8(14)2)18(16,17)13-10(15)11(3)5-6-11/h7H,4-6H2,1-3H3,(H,13,15). The van der Waals surface area contributed by atoms with E-state index in [2.05, 4.69) is 9.71 Å². The molecule has 0 saturated heterocycles. The maximum Gasteiger partial charge on any atom is 0.283 e. The van der Waals surface area contributed by atoms with Crippen molar-refractivity contribution in [2.45, 2.75) is 45.2 Å². The normalized spacial score (nSPS) is 17.5. The average Bonchev–Trinajstić information content (AvgIpc) is 2.90. The second-order valence-corrected chi connectivity index (χ2v) is 6.54. The molecule has 0 aromatic carbocycles. The molecule has 6 nitrogen and oxygen atoms in total. The van der Waals surface area contributed by atoms with Crippen LogP contribution < -0.4 is 4.72 Å². The van der Waals surface area contributed by atoms with Crippen LogP contribution in [0, 0.1) is 12.3 Å². The Labute approximate surface area is 106 Å². The van der Waals surface area contributed by atoms with Crippen LogP contribution in [0.1, 0.15) is 32.5 Å². The third-order valence-corrected chi connectivity index (χ3v) is 4.55. The number of nitrogens with zero attached hydrogens (tertiary/aromatic N) is 2. The number of aromatic nitrogens is 2. The van der Waals surface area contributed by atoms with Gasteiger partial charge in [0.25, 0.3) is 10.0 Å². The van der Waals surface area contributed by atoms with E-state index in [1.54, 1.807) is 18.4 Å². The molecule has 0 radical (unpaired) electrons. The summed E-state index contributed by atoms with van der Waals surface area (Å²) in [5.41, 5.74) is -0.518. The molecule has 0 spiro atoms. The largest absolute Gasteiger partial charge is 0.334 e. The number of imidazole rings is 1. The van der Waals surface area contributed by atoms with Gasteiger partial charge in [-0.3, -0.25) is 4.79 Å². The number of carbonyl (C=O) groups excluding carboxylic acids is 1. The molecule has 1 aliphatic rings. The van der Waals surface area contributed by atoms with Crippen LogP contribution in [0.2, 0.25) is 0 Å². The number of amides is 1. The number of hydrogen-bond donors (Lipinski definition) is 1. The van der Waals surface area contributed by atoms with Gasteiger partial charge in [0, 0.05) is 18.2 Å². The van der Waals surface area contributed by atoms with E-state index in [1.165, 1.54) is 6.20 Å². The van der Waals surface area contributed by atoms with E-state index >= 15 is 0 Å². The van der Waals surface area contributed by atoms with Crippen molar-refractivity contribution in [3.8, 4) is 0 Å². The molecule has 1 N–H and O–H groups in total. The lowest BCUT2D eigenvalue weighted by Crippen LogP contribution is -2.35. The fourth-order valence-corrected chi connectivity index (χ4v) is 2.75. The Morgan fingerprint density at radius 2 is 2.17 bits per heavy atom. The summed E-state index contributed by atoms with van der Waals surface area (Å²) in [7, 11) is -3.85. The molecule has 100 valence electrons. The van der Waals surface area contributed by atoms with Crippen LogP contribution in [-0.2, 0) is 21.4 Å². The van der Waals surface area contributed by atoms with Gasteiger partial charge in [-0.25, -0.2) is 9.71 Å². The van der Waals surface area contributed by atoms with Crippen molar-refractivity contribution >= 4 is 15.9 Å². The van der Waals surface area contributed by atoms with Crippen molar-refractivity contribution in [2.75, 3.05) is 0 Å². The fourth-order valence-electron chi connectivity index (χ4n) is 1.64. The zero-order chi connectivity index (χ0) is 13.6. The molecule has 18 heavy (non-hydrogen) atoms. The highest BCUT2D eigenvalue weighted by Crippen LogP contribution is 2.45. The first-order chi connectivity index (χ1) is 8.28. The highest BCUT2D eigenvalue weighted by atomic mass is 32.2. The summed E-state index contributed by atoms with van der Waals surface area (Å²) < 4.78 is 27.8. The Morgan fingerprint density at radius 3 is 2.61 bits per heavy atom. The van der Waals surface area contributed by atoms with Crippen molar-refractivity contribution in [1.29, 1.82) is 0 Å². The van der Waals surface area contributed by atoms with E-state index in [9.17, 15) is 13.2 Å². The summed E-state index contributed by atoms with van der Waals surface area (Å²) in [6.45, 7) is 6.02. The molecule has 1 amide bonds. The van der Waals surface area contributed by atoms with Crippen molar-refractivity contribution < 1.29 is 13.2 Å². The molecular weight excluding hydrogens is 254 g/mol. The van der Waals surface area contributed by atoms with E-state index in [4.69, 9.17) is 0 Å². The van der Waals surface area contributed by atoms with Gasteiger partial charge in [-0.05, 0) is 26.7 Å². The molecule has 2 rings (SSSR count). The summed E-state index contributed by atoms with van der Waals surface area (Å²) in [6, 6.07) is 0. The molecule has 7 heteroatoms. The van der Waals surface area contributed by atoms with Crippen LogP contribution in [-0.4, -0.2) is 23.9 Å². The first-order valence-corrected chi connectivity index (χ1v) is 7.38. The Bertz CT molecular complexity index is 585. The number of sulfonamides is 1. The van der Waals surface area contributed by atoms with Gasteiger partial charge in [0.2, 0.25) is 5.91 Å². The van der Waals surface area contributed by atoms with Gasteiger partial charge in [-0.1, -0.05) is 6.92 Å². The number of hydrogen-bond acceptors (Lipinski definition) is 4. The molecule has 1 aromatic heterocycles. The molecular formula is C11H17N3O3S. The van der Waals surface area contributed by atoms with Crippen LogP contribution in [0.3, 0.4) is 0 Å². The zero-order valence-corrected chi connectivity index (χ0v) is 11.5. The topological polar surface area (TPSA) is 81.1 Å². The third-order valence-electron chi connectivity index (χ3n) is 3.35. The minimum absolute atomic E-state index is 0.0977. The van der Waals surface area contributed by atoms with E-state index in [0.29, 0.717) is 12.4 Å². The molecule has 1 saturated carbocycles. The SMILES string of the molecule is CCn1cc(S(=O)(=O)NC(=O)C2(C)CC2)nc1C. The Balaban J connectivity index is 2.22. The number of aryl methyl sites for hydroxylation is 2. The van der Waals surface area contributed by atoms with Gasteiger partial charge in [0.05, 0.1) is 0 Å². The molecule has 0 aliphatic heterocycles. The van der Waals surface area contributed by atoms with Crippen LogP contribution in [0.5, 0.6) is 0 Å². The Kier molecular flexibility index (Phi) is 2.96. The van der Waals surface area contributed by atoms with Gasteiger partial charge in [-0.15, -0.1) is 0 Å². The summed E-state index contributed by atoms with van der Waals surface area (Å²) in [4.78, 5) is 15.7. The first kappa shape index (κ1) is 13.1. The molecule has 1 fully saturated rings. The van der Waals surface area contributed by atoms with Crippen molar-refractivity contribution in [3.05, 3.63) is 12.0 Å². The highest BCUT2D eigenvalue weighted by Gasteiger charge is 2.46. The van der Waals surface area contributed by atoms with Crippen LogP contribution in [0.15, 0.2) is 11.2 Å². The number of carbonyl (C=O) groups is 1. The minimum Gasteiger partial charge on any atom is -0.334 e. The monoisotopic (exact) mass is 271 g/mol. The maximum atomic E-state index is 12.0. The lowest BCUT2D eigenvalue weighted by atomic mass is 10.1. The van der Waals surface area contributed by atoms with Gasteiger partial charge >= 0.3 is 0 Å². The maximum absolute atomic E-state index is 12.0. The smallest absolute Gasteiger partial charge is 0.283 e. The van der Waals surface area contributed by atoms with E-state index in [-0.39, 0.29) is 5.03 Å². The molecule has 1 heterocycles. The van der Waals surface area contributed by atoms with Crippen LogP contribution in [0.25, 0.3) is 0 Å². The highest BCUT2D eigenvalue weighted by molar-refractivity contribution is 7.90. The number of nitrogens with one attached hydrogen (secondary N) is 1. The molecule has 0 unspecified atom stereocenters. The first-order valence-electron chi connectivity index (χ1n) is 5.89. The summed E-state index contributed by atoms with van der Waals surface area (Å²) >= 11 is 0. The van der Waals surface area contributed by atoms with Gasteiger partial charge < -0.3 is 4.57 Å². The van der Waals surface area contributed by atoms with Gasteiger partial charge in [0.15, 0.2) is 5.03 Å². The lowest BCUT2D eigenvalue weighted by Gasteiger charge is -2.08. The Morgan fingerprint density at radius 1 is 1.56 bits per heavy atom. The summed E-state index contributed by atoms with van der Waals surface area (Å²) in [5, 5.41) is -0.0977. The quantitative estimate of drug-likeness (QED) is 0.879. The zero-order valence-electron chi connectivity index (χ0n) is 10.7. The predicted octanol–water partition coefficient (Wildman–Crippen LogP) is 0.816. The van der Waals surface area contributed by atoms with Crippen molar-refractivity contribution in [3.63, 3.8) is 0 Å².